The first-order chi connectivity index (χ1) is 8.79. The van der Waals surface area contributed by atoms with E-state index in [4.69, 9.17) is 0 Å². The van der Waals surface area contributed by atoms with Crippen molar-refractivity contribution in [2.45, 2.75) is 51.4 Å². The number of carbonyl (C=O) groups is 1. The first-order valence-electron chi connectivity index (χ1n) is 7.72. The lowest BCUT2D eigenvalue weighted by Gasteiger charge is -2.22. The van der Waals surface area contributed by atoms with E-state index in [-0.39, 0.29) is 12.4 Å². The van der Waals surface area contributed by atoms with Gasteiger partial charge in [0.2, 0.25) is 5.91 Å². The van der Waals surface area contributed by atoms with Crippen molar-refractivity contribution < 1.29 is 4.79 Å². The highest BCUT2D eigenvalue weighted by Crippen LogP contribution is 2.28. The van der Waals surface area contributed by atoms with Crippen molar-refractivity contribution in [3.05, 3.63) is 0 Å². The Labute approximate surface area is 123 Å². The van der Waals surface area contributed by atoms with Gasteiger partial charge in [0, 0.05) is 19.5 Å². The molecule has 1 aliphatic heterocycles. The molecule has 1 atom stereocenters. The Bertz CT molecular complexity index is 267. The molecule has 0 bridgehead atoms. The van der Waals surface area contributed by atoms with Crippen molar-refractivity contribution >= 4 is 18.3 Å². The van der Waals surface area contributed by atoms with Crippen LogP contribution in [0.4, 0.5) is 0 Å². The molecule has 1 unspecified atom stereocenters. The maximum Gasteiger partial charge on any atom is 0.222 e. The van der Waals surface area contributed by atoms with Crippen LogP contribution < -0.4 is 5.32 Å². The van der Waals surface area contributed by atoms with E-state index in [1.54, 1.807) is 0 Å². The second kappa shape index (κ2) is 8.80. The van der Waals surface area contributed by atoms with Gasteiger partial charge in [0.15, 0.2) is 0 Å². The third-order valence-corrected chi connectivity index (χ3v) is 4.62. The largest absolute Gasteiger partial charge is 0.342 e. The van der Waals surface area contributed by atoms with Gasteiger partial charge in [0.1, 0.15) is 0 Å². The van der Waals surface area contributed by atoms with Crippen LogP contribution in [0, 0.1) is 11.8 Å². The Kier molecular flexibility index (Phi) is 7.77. The van der Waals surface area contributed by atoms with Crippen LogP contribution in [0.5, 0.6) is 0 Å². The van der Waals surface area contributed by atoms with Crippen molar-refractivity contribution in [2.75, 3.05) is 26.7 Å². The first-order valence-corrected chi connectivity index (χ1v) is 7.72. The van der Waals surface area contributed by atoms with Gasteiger partial charge in [-0.2, -0.15) is 0 Å². The minimum absolute atomic E-state index is 0. The van der Waals surface area contributed by atoms with Gasteiger partial charge in [-0.3, -0.25) is 4.79 Å². The Morgan fingerprint density at radius 3 is 2.58 bits per heavy atom. The SMILES string of the molecule is CNCC1CCN(C(=O)CCC2CCCCC2)C1.Cl. The Hall–Kier alpha value is -0.280. The summed E-state index contributed by atoms with van der Waals surface area (Å²) in [6.45, 7) is 3.01. The highest BCUT2D eigenvalue weighted by atomic mass is 35.5. The van der Waals surface area contributed by atoms with Crippen molar-refractivity contribution in [3.63, 3.8) is 0 Å². The van der Waals surface area contributed by atoms with Gasteiger partial charge in [-0.25, -0.2) is 0 Å². The fourth-order valence-electron chi connectivity index (χ4n) is 3.48. The van der Waals surface area contributed by atoms with E-state index in [1.807, 2.05) is 7.05 Å². The first kappa shape index (κ1) is 16.8. The van der Waals surface area contributed by atoms with E-state index in [1.165, 1.54) is 38.5 Å². The van der Waals surface area contributed by atoms with Crippen LogP contribution in [-0.2, 0) is 4.79 Å². The number of nitrogens with zero attached hydrogens (tertiary/aromatic N) is 1. The smallest absolute Gasteiger partial charge is 0.222 e. The quantitative estimate of drug-likeness (QED) is 0.844. The molecule has 0 aromatic carbocycles. The van der Waals surface area contributed by atoms with Crippen LogP contribution in [0.15, 0.2) is 0 Å². The average molecular weight is 289 g/mol. The van der Waals surface area contributed by atoms with Gasteiger partial charge >= 0.3 is 0 Å². The normalized spacial score (nSPS) is 24.3. The van der Waals surface area contributed by atoms with E-state index < -0.39 is 0 Å². The van der Waals surface area contributed by atoms with Gasteiger partial charge in [-0.1, -0.05) is 32.1 Å². The van der Waals surface area contributed by atoms with Crippen molar-refractivity contribution in [1.82, 2.24) is 10.2 Å². The lowest BCUT2D eigenvalue weighted by Crippen LogP contribution is -2.30. The van der Waals surface area contributed by atoms with Crippen LogP contribution in [0.2, 0.25) is 0 Å². The van der Waals surface area contributed by atoms with Gasteiger partial charge in [0.25, 0.3) is 0 Å². The molecular weight excluding hydrogens is 260 g/mol. The molecule has 1 N–H and O–H groups in total. The summed E-state index contributed by atoms with van der Waals surface area (Å²) in [5, 5.41) is 3.21. The van der Waals surface area contributed by atoms with Crippen LogP contribution in [0.3, 0.4) is 0 Å². The minimum Gasteiger partial charge on any atom is -0.342 e. The highest BCUT2D eigenvalue weighted by molar-refractivity contribution is 5.85. The van der Waals surface area contributed by atoms with E-state index in [0.717, 1.165) is 38.4 Å². The van der Waals surface area contributed by atoms with Gasteiger partial charge in [-0.15, -0.1) is 12.4 Å². The lowest BCUT2D eigenvalue weighted by molar-refractivity contribution is -0.130. The summed E-state index contributed by atoms with van der Waals surface area (Å²) >= 11 is 0. The molecule has 0 aromatic rings. The maximum absolute atomic E-state index is 12.1. The summed E-state index contributed by atoms with van der Waals surface area (Å²) in [7, 11) is 1.99. The number of carbonyl (C=O) groups excluding carboxylic acids is 1. The number of rotatable bonds is 5. The molecule has 112 valence electrons. The molecule has 2 aliphatic rings. The summed E-state index contributed by atoms with van der Waals surface area (Å²) in [5.74, 6) is 1.91. The monoisotopic (exact) mass is 288 g/mol. The molecule has 0 radical (unpaired) electrons. The summed E-state index contributed by atoms with van der Waals surface area (Å²) in [5.41, 5.74) is 0. The van der Waals surface area contributed by atoms with Crippen LogP contribution in [0.1, 0.15) is 51.4 Å². The van der Waals surface area contributed by atoms with E-state index in [0.29, 0.717) is 11.8 Å². The Balaban J connectivity index is 0.00000180. The van der Waals surface area contributed by atoms with E-state index >= 15 is 0 Å². The second-order valence-electron chi connectivity index (χ2n) is 6.09. The summed E-state index contributed by atoms with van der Waals surface area (Å²) < 4.78 is 0. The Morgan fingerprint density at radius 1 is 1.16 bits per heavy atom. The zero-order valence-corrected chi connectivity index (χ0v) is 13.0. The van der Waals surface area contributed by atoms with Crippen molar-refractivity contribution in [3.8, 4) is 0 Å². The van der Waals surface area contributed by atoms with Gasteiger partial charge in [-0.05, 0) is 38.3 Å². The number of hydrogen-bond acceptors (Lipinski definition) is 2. The minimum atomic E-state index is 0. The molecule has 1 aliphatic carbocycles. The van der Waals surface area contributed by atoms with Crippen molar-refractivity contribution in [2.24, 2.45) is 11.8 Å². The molecule has 3 nitrogen and oxygen atoms in total. The summed E-state index contributed by atoms with van der Waals surface area (Å²) in [6.07, 6.45) is 9.98. The summed E-state index contributed by atoms with van der Waals surface area (Å²) in [4.78, 5) is 14.2. The Morgan fingerprint density at radius 2 is 1.89 bits per heavy atom. The standard InChI is InChI=1S/C15H28N2O.ClH/c1-16-11-14-9-10-17(12-14)15(18)8-7-13-5-3-2-4-6-13;/h13-14,16H,2-12H2,1H3;1H. The topological polar surface area (TPSA) is 32.3 Å². The molecule has 0 aromatic heterocycles. The van der Waals surface area contributed by atoms with Crippen molar-refractivity contribution in [1.29, 1.82) is 0 Å². The van der Waals surface area contributed by atoms with E-state index in [9.17, 15) is 4.79 Å². The lowest BCUT2D eigenvalue weighted by atomic mass is 9.86. The van der Waals surface area contributed by atoms with Gasteiger partial charge < -0.3 is 10.2 Å². The molecule has 1 saturated heterocycles. The molecule has 1 saturated carbocycles. The van der Waals surface area contributed by atoms with Crippen LogP contribution >= 0.6 is 12.4 Å². The molecule has 1 heterocycles. The van der Waals surface area contributed by atoms with Gasteiger partial charge in [0.05, 0.1) is 0 Å². The highest BCUT2D eigenvalue weighted by Gasteiger charge is 2.26. The fourth-order valence-corrected chi connectivity index (χ4v) is 3.48. The zero-order valence-electron chi connectivity index (χ0n) is 12.2. The van der Waals surface area contributed by atoms with E-state index in [2.05, 4.69) is 10.2 Å². The number of likely N-dealkylation sites (tertiary alicyclic amines) is 1. The fraction of sp³-hybridized carbons (Fsp3) is 0.933. The summed E-state index contributed by atoms with van der Waals surface area (Å²) in [6, 6.07) is 0. The molecule has 2 rings (SSSR count). The average Bonchev–Trinajstić information content (AvgIpc) is 2.86. The molecule has 2 fully saturated rings. The third-order valence-electron chi connectivity index (χ3n) is 4.62. The zero-order chi connectivity index (χ0) is 12.8. The van der Waals surface area contributed by atoms with Crippen LogP contribution in [0.25, 0.3) is 0 Å². The maximum atomic E-state index is 12.1. The molecule has 4 heteroatoms. The number of halogens is 1. The second-order valence-corrected chi connectivity index (χ2v) is 6.09. The molecule has 1 amide bonds. The molecule has 0 spiro atoms. The predicted octanol–water partition coefficient (Wildman–Crippen LogP) is 2.84. The predicted molar refractivity (Wildman–Crippen MR) is 81.7 cm³/mol. The number of amides is 1. The third kappa shape index (κ3) is 5.31. The number of hydrogen-bond donors (Lipinski definition) is 1. The van der Waals surface area contributed by atoms with Crippen LogP contribution in [-0.4, -0.2) is 37.5 Å². The molecule has 19 heavy (non-hydrogen) atoms. The molecular formula is C15H29ClN2O. The number of nitrogens with one attached hydrogen (secondary N) is 1.